The minimum Gasteiger partial charge on any atom is -0.456 e. The Morgan fingerprint density at radius 3 is 0.888 bits per heavy atom. The molecule has 27 aromatic rings. The molecule has 6 aromatic heterocycles. The highest BCUT2D eigenvalue weighted by molar-refractivity contribution is 6.31. The van der Waals surface area contributed by atoms with Gasteiger partial charge in [0.05, 0.1) is 22.4 Å². The summed E-state index contributed by atoms with van der Waals surface area (Å²) < 4.78 is 13.5. The average Bonchev–Trinajstić information content (AvgIpc) is 1.44. The number of hydrogen-bond acceptors (Lipinski definition) is 10. The maximum atomic E-state index is 6.77. The molecule has 6 heterocycles. The number of furan rings is 2. The smallest absolute Gasteiger partial charge is 0.164 e. The molecule has 134 heavy (non-hydrogen) atoms. The molecule has 27 rings (SSSR count). The zero-order chi connectivity index (χ0) is 88.3. The van der Waals surface area contributed by atoms with E-state index in [4.69, 9.17) is 48.7 Å². The summed E-state index contributed by atoms with van der Waals surface area (Å²) in [5, 5.41) is 22.4. The molecule has 10 nitrogen and oxygen atoms in total. The number of benzene rings is 21. The fraction of sp³-hybridized carbons (Fsp3) is 0. The lowest BCUT2D eigenvalue weighted by Gasteiger charge is -2.16. The van der Waals surface area contributed by atoms with Crippen LogP contribution in [-0.2, 0) is 0 Å². The second-order valence-electron chi connectivity index (χ2n) is 34.2. The van der Waals surface area contributed by atoms with Crippen molar-refractivity contribution in [3.8, 4) is 135 Å². The van der Waals surface area contributed by atoms with E-state index >= 15 is 0 Å². The lowest BCUT2D eigenvalue weighted by atomic mass is 9.89. The van der Waals surface area contributed by atoms with Gasteiger partial charge in [-0.3, -0.25) is 0 Å². The van der Waals surface area contributed by atoms with E-state index in [2.05, 4.69) is 382 Å². The van der Waals surface area contributed by atoms with Gasteiger partial charge in [-0.1, -0.05) is 388 Å². The summed E-state index contributed by atoms with van der Waals surface area (Å²) in [6.45, 7) is 0. The van der Waals surface area contributed by atoms with Gasteiger partial charge < -0.3 is 8.83 Å². The Balaban J connectivity index is 0.000000140. The van der Waals surface area contributed by atoms with E-state index < -0.39 is 0 Å². The van der Waals surface area contributed by atoms with Crippen LogP contribution in [0.4, 0.5) is 0 Å². The summed E-state index contributed by atoms with van der Waals surface area (Å²) in [5.74, 6) is 3.63. The van der Waals surface area contributed by atoms with Crippen molar-refractivity contribution in [3.63, 3.8) is 0 Å². The van der Waals surface area contributed by atoms with Crippen LogP contribution in [0, 0.1) is 0 Å². The zero-order valence-corrected chi connectivity index (χ0v) is 72.1. The summed E-state index contributed by atoms with van der Waals surface area (Å²) in [6.07, 6.45) is 0. The third kappa shape index (κ3) is 13.3. The van der Waals surface area contributed by atoms with E-state index in [-0.39, 0.29) is 0 Å². The molecule has 0 saturated carbocycles. The number of nitrogens with zero attached hydrogens (tertiary/aromatic N) is 8. The Morgan fingerprint density at radius 1 is 0.142 bits per heavy atom. The minimum atomic E-state index is 0.587. The van der Waals surface area contributed by atoms with Crippen molar-refractivity contribution < 1.29 is 8.83 Å². The molecular weight excluding hydrogens is 1630 g/mol. The second-order valence-corrected chi connectivity index (χ2v) is 34.2. The minimum absolute atomic E-state index is 0.587. The summed E-state index contributed by atoms with van der Waals surface area (Å²) >= 11 is 0. The number of pyridine rings is 2. The average molecular weight is 1710 g/mol. The van der Waals surface area contributed by atoms with Crippen molar-refractivity contribution in [2.75, 3.05) is 0 Å². The first-order chi connectivity index (χ1) is 66.4. The van der Waals surface area contributed by atoms with Crippen LogP contribution in [0.3, 0.4) is 0 Å². The number of para-hydroxylation sites is 4. The van der Waals surface area contributed by atoms with Gasteiger partial charge >= 0.3 is 0 Å². The summed E-state index contributed by atoms with van der Waals surface area (Å²) in [5.41, 5.74) is 23.3. The lowest BCUT2D eigenvalue weighted by molar-refractivity contribution is 0.669. The largest absolute Gasteiger partial charge is 0.456 e. The molecule has 0 unspecified atom stereocenters. The van der Waals surface area contributed by atoms with Crippen molar-refractivity contribution in [1.82, 2.24) is 39.9 Å². The third-order valence-corrected chi connectivity index (χ3v) is 26.4. The predicted octanol–water partition coefficient (Wildman–Crippen LogP) is 32.7. The Bertz CT molecular complexity index is 9400. The number of hydrogen-bond donors (Lipinski definition) is 0. The molecule has 0 radical (unpaired) electrons. The second kappa shape index (κ2) is 32.0. The van der Waals surface area contributed by atoms with Crippen LogP contribution >= 0.6 is 0 Å². The maximum Gasteiger partial charge on any atom is 0.164 e. The molecule has 0 N–H and O–H groups in total. The quantitative estimate of drug-likeness (QED) is 0.109. The van der Waals surface area contributed by atoms with Crippen LogP contribution in [0.25, 0.3) is 276 Å². The van der Waals surface area contributed by atoms with Gasteiger partial charge in [0.25, 0.3) is 0 Å². The fourth-order valence-electron chi connectivity index (χ4n) is 20.2. The van der Waals surface area contributed by atoms with Crippen LogP contribution < -0.4 is 0 Å². The SMILES string of the molecule is c1ccc(-c2ccc(-c3nc4ccccc4c4c(-c5cccc(-c6nc(-c7ccccc7)nc(-c7cc8ccccc8c8ccccc78)n6)c5)c5c(cc34)oc3ccccc35)cc2)cc1.c1ccc(-c2ccc(-c3nc4ccccc4c4c(-c5cccc(-c6nc(-c7ccccc7)nc(-c7ccc8c9ccccc9c9ccccc9c8c7)n6)c5)c5c(cc34)oc3ccccc35)cc2)cc1. The molecule has 0 saturated heterocycles. The number of aromatic nitrogens is 8. The van der Waals surface area contributed by atoms with Gasteiger partial charge in [0, 0.05) is 109 Å². The van der Waals surface area contributed by atoms with E-state index in [0.29, 0.717) is 34.9 Å². The molecule has 0 amide bonds. The van der Waals surface area contributed by atoms with E-state index in [1.54, 1.807) is 0 Å². The van der Waals surface area contributed by atoms with Crippen molar-refractivity contribution in [2.24, 2.45) is 0 Å². The van der Waals surface area contributed by atoms with Crippen LogP contribution in [0.15, 0.2) is 458 Å². The molecule has 0 atom stereocenters. The molecule has 0 aliphatic rings. The first-order valence-corrected chi connectivity index (χ1v) is 45.2. The molecule has 0 bridgehead atoms. The monoisotopic (exact) mass is 1710 g/mol. The van der Waals surface area contributed by atoms with Gasteiger partial charge in [-0.2, -0.15) is 0 Å². The van der Waals surface area contributed by atoms with E-state index in [9.17, 15) is 0 Å². The third-order valence-electron chi connectivity index (χ3n) is 26.4. The van der Waals surface area contributed by atoms with Gasteiger partial charge in [0.1, 0.15) is 22.3 Å². The van der Waals surface area contributed by atoms with Gasteiger partial charge in [0.15, 0.2) is 34.9 Å². The number of fused-ring (bicyclic) bond motifs is 21. The molecule has 622 valence electrons. The normalized spacial score (nSPS) is 11.7. The Kier molecular flexibility index (Phi) is 18.4. The first-order valence-electron chi connectivity index (χ1n) is 45.2. The van der Waals surface area contributed by atoms with Crippen molar-refractivity contribution in [1.29, 1.82) is 0 Å². The fourth-order valence-corrected chi connectivity index (χ4v) is 20.2. The van der Waals surface area contributed by atoms with Crippen LogP contribution in [-0.4, -0.2) is 39.9 Å². The van der Waals surface area contributed by atoms with Gasteiger partial charge in [-0.25, -0.2) is 39.9 Å². The molecule has 0 aliphatic carbocycles. The molecule has 10 heteroatoms. The topological polar surface area (TPSA) is 129 Å². The summed E-state index contributed by atoms with van der Waals surface area (Å²) in [4.78, 5) is 42.3. The molecule has 0 spiro atoms. The maximum absolute atomic E-state index is 6.77. The summed E-state index contributed by atoms with van der Waals surface area (Å²) in [6, 6.07) is 157. The lowest BCUT2D eigenvalue weighted by Crippen LogP contribution is -2.01. The first kappa shape index (κ1) is 77.1. The van der Waals surface area contributed by atoms with Crippen LogP contribution in [0.1, 0.15) is 0 Å². The Morgan fingerprint density at radius 2 is 0.440 bits per heavy atom. The molecule has 21 aromatic carbocycles. The van der Waals surface area contributed by atoms with E-state index in [1.807, 2.05) is 66.7 Å². The van der Waals surface area contributed by atoms with Crippen molar-refractivity contribution >= 4 is 141 Å². The van der Waals surface area contributed by atoms with Crippen LogP contribution in [0.5, 0.6) is 0 Å². The van der Waals surface area contributed by atoms with E-state index in [0.717, 1.165) is 198 Å². The number of rotatable bonds is 12. The molecule has 0 fully saturated rings. The van der Waals surface area contributed by atoms with Crippen molar-refractivity contribution in [3.05, 3.63) is 449 Å². The Hall–Kier alpha value is -18.1. The van der Waals surface area contributed by atoms with Crippen LogP contribution in [0.2, 0.25) is 0 Å². The molecular formula is C124H74N8O2. The summed E-state index contributed by atoms with van der Waals surface area (Å²) in [7, 11) is 0. The van der Waals surface area contributed by atoms with Gasteiger partial charge in [0.2, 0.25) is 0 Å². The molecule has 0 aliphatic heterocycles. The zero-order valence-electron chi connectivity index (χ0n) is 72.1. The highest BCUT2D eigenvalue weighted by atomic mass is 16.3. The van der Waals surface area contributed by atoms with Crippen molar-refractivity contribution in [2.45, 2.75) is 0 Å². The van der Waals surface area contributed by atoms with Gasteiger partial charge in [-0.05, 0) is 148 Å². The van der Waals surface area contributed by atoms with E-state index in [1.165, 1.54) is 43.4 Å². The Labute approximate surface area is 768 Å². The standard InChI is InChI=1S/C64H38N4O.C60H36N4O/c1-3-16-39(17-4-1)40-30-32-41(33-31-40)61-54-38-57-60(52-27-12-14-29-56(52)69-57)58(59(54)51-26-11-13-28-55(51)65-61)43-20-15-21-44(36-43)63-66-62(42-18-5-2-6-19-42)67-64(68-63)45-34-35-50-48-24-8-7-22-46(48)47-23-9-10-25-49(47)53(50)37-45;1-3-16-37(17-4-1)38-30-32-39(33-31-38)57-50-36-53-56(48-27-12-14-29-52(48)65-53)54(55(50)47-26-11-13-28-51(47)61-57)42-21-15-22-43(34-42)59-62-58(40-18-5-2-6-19-40)63-60(64-59)49-35-41-20-7-8-23-44(41)45-24-9-10-25-46(45)49/h1-38H;1-36H. The highest BCUT2D eigenvalue weighted by Gasteiger charge is 2.28. The highest BCUT2D eigenvalue weighted by Crippen LogP contribution is 2.51. The predicted molar refractivity (Wildman–Crippen MR) is 553 cm³/mol. The van der Waals surface area contributed by atoms with Gasteiger partial charge in [-0.15, -0.1) is 0 Å².